The van der Waals surface area contributed by atoms with E-state index < -0.39 is 21.7 Å². The molecule has 0 radical (unpaired) electrons. The van der Waals surface area contributed by atoms with Crippen molar-refractivity contribution in [1.29, 1.82) is 0 Å². The van der Waals surface area contributed by atoms with Gasteiger partial charge < -0.3 is 4.90 Å². The molecule has 0 N–H and O–H groups in total. The van der Waals surface area contributed by atoms with Crippen LogP contribution in [0, 0.1) is 17.7 Å². The van der Waals surface area contributed by atoms with Gasteiger partial charge in [-0.25, -0.2) is 12.8 Å². The van der Waals surface area contributed by atoms with Crippen LogP contribution in [0.4, 0.5) is 4.39 Å². The highest BCUT2D eigenvalue weighted by Crippen LogP contribution is 2.36. The molecule has 5 nitrogen and oxygen atoms in total. The Hall–Kier alpha value is -1.47. The van der Waals surface area contributed by atoms with E-state index in [-0.39, 0.29) is 10.5 Å². The van der Waals surface area contributed by atoms with Crippen LogP contribution in [-0.4, -0.2) is 49.7 Å². The molecule has 1 aliphatic heterocycles. The summed E-state index contributed by atoms with van der Waals surface area (Å²) in [6.45, 7) is 5.43. The first-order chi connectivity index (χ1) is 12.9. The highest BCUT2D eigenvalue weighted by molar-refractivity contribution is 7.89. The topological polar surface area (TPSA) is 57.7 Å². The Morgan fingerprint density at radius 3 is 2.48 bits per heavy atom. The number of carbonyl (C=O) groups excluding carboxylic acids is 1. The molecule has 1 aromatic rings. The van der Waals surface area contributed by atoms with Crippen molar-refractivity contribution in [3.63, 3.8) is 0 Å². The number of amides is 1. The minimum atomic E-state index is -3.73. The third-order valence-corrected chi connectivity index (χ3v) is 8.14. The number of benzene rings is 1. The highest BCUT2D eigenvalue weighted by atomic mass is 32.2. The van der Waals surface area contributed by atoms with Gasteiger partial charge in [0.05, 0.1) is 10.5 Å². The second kappa shape index (κ2) is 8.27. The van der Waals surface area contributed by atoms with Crippen molar-refractivity contribution in [1.82, 2.24) is 9.21 Å². The van der Waals surface area contributed by atoms with Crippen LogP contribution in [0.15, 0.2) is 23.1 Å². The molecule has 1 saturated carbocycles. The van der Waals surface area contributed by atoms with Crippen molar-refractivity contribution in [3.8, 4) is 0 Å². The van der Waals surface area contributed by atoms with Gasteiger partial charge in [0, 0.05) is 26.2 Å². The average Bonchev–Trinajstić information content (AvgIpc) is 2.68. The predicted molar refractivity (Wildman–Crippen MR) is 102 cm³/mol. The molecule has 3 rings (SSSR count). The third kappa shape index (κ3) is 4.04. The second-order valence-corrected chi connectivity index (χ2v) is 9.51. The summed E-state index contributed by atoms with van der Waals surface area (Å²) in [5.41, 5.74) is -0.141. The molecule has 1 aliphatic carbocycles. The van der Waals surface area contributed by atoms with Gasteiger partial charge in [-0.2, -0.15) is 4.31 Å². The normalized spacial score (nSPS) is 23.3. The fourth-order valence-corrected chi connectivity index (χ4v) is 5.98. The minimum Gasteiger partial charge on any atom is -0.338 e. The Kier molecular flexibility index (Phi) is 6.21. The summed E-state index contributed by atoms with van der Waals surface area (Å²) in [6.07, 6.45) is 5.74. The summed E-state index contributed by atoms with van der Waals surface area (Å²) in [5, 5.41) is 0. The maximum absolute atomic E-state index is 14.4. The average molecular weight is 397 g/mol. The smallest absolute Gasteiger partial charge is 0.256 e. The standard InChI is InChI=1S/C20H29FN2O3S/c1-3-23(4-2)27(25,26)17-9-10-19(21)18(13-17)20(24)22-12-11-15-7-5-6-8-16(15)14-22/h9-10,13,15-16H,3-8,11-12,14H2,1-2H3/t15-,16-/m1/s1. The van der Waals surface area contributed by atoms with E-state index in [0.29, 0.717) is 38.0 Å². The SMILES string of the molecule is CCN(CC)S(=O)(=O)c1ccc(F)c(C(=O)N2CC[C@H]3CCCC[C@@H]3C2)c1. The van der Waals surface area contributed by atoms with Gasteiger partial charge in [-0.05, 0) is 42.9 Å². The van der Waals surface area contributed by atoms with Crippen LogP contribution in [0.2, 0.25) is 0 Å². The van der Waals surface area contributed by atoms with E-state index >= 15 is 0 Å². The highest BCUT2D eigenvalue weighted by Gasteiger charge is 2.34. The zero-order chi connectivity index (χ0) is 19.6. The van der Waals surface area contributed by atoms with Crippen molar-refractivity contribution in [3.05, 3.63) is 29.6 Å². The van der Waals surface area contributed by atoms with Crippen LogP contribution >= 0.6 is 0 Å². The van der Waals surface area contributed by atoms with Crippen molar-refractivity contribution >= 4 is 15.9 Å². The Bertz CT molecular complexity index is 792. The molecule has 0 unspecified atom stereocenters. The predicted octanol–water partition coefficient (Wildman–Crippen LogP) is 3.51. The van der Waals surface area contributed by atoms with E-state index in [1.165, 1.54) is 35.7 Å². The molecule has 2 atom stereocenters. The van der Waals surface area contributed by atoms with Gasteiger partial charge in [-0.1, -0.05) is 33.1 Å². The molecule has 1 saturated heterocycles. The van der Waals surface area contributed by atoms with Crippen molar-refractivity contribution < 1.29 is 17.6 Å². The number of likely N-dealkylation sites (tertiary alicyclic amines) is 1. The first kappa shape index (κ1) is 20.3. The van der Waals surface area contributed by atoms with Gasteiger partial charge in [-0.3, -0.25) is 4.79 Å². The summed E-state index contributed by atoms with van der Waals surface area (Å²) >= 11 is 0. The number of nitrogens with zero attached hydrogens (tertiary/aromatic N) is 2. The van der Waals surface area contributed by atoms with E-state index in [1.807, 2.05) is 0 Å². The Balaban J connectivity index is 1.85. The molecule has 1 aromatic carbocycles. The Morgan fingerprint density at radius 2 is 1.81 bits per heavy atom. The van der Waals surface area contributed by atoms with Crippen LogP contribution < -0.4 is 0 Å². The van der Waals surface area contributed by atoms with E-state index in [0.717, 1.165) is 18.9 Å². The molecule has 150 valence electrons. The van der Waals surface area contributed by atoms with Gasteiger partial charge in [0.2, 0.25) is 10.0 Å². The monoisotopic (exact) mass is 396 g/mol. The van der Waals surface area contributed by atoms with Crippen LogP contribution in [0.25, 0.3) is 0 Å². The number of hydrogen-bond donors (Lipinski definition) is 0. The molecular weight excluding hydrogens is 367 g/mol. The number of hydrogen-bond acceptors (Lipinski definition) is 3. The lowest BCUT2D eigenvalue weighted by Gasteiger charge is -2.41. The lowest BCUT2D eigenvalue weighted by Crippen LogP contribution is -2.45. The van der Waals surface area contributed by atoms with Crippen LogP contribution in [0.1, 0.15) is 56.3 Å². The number of rotatable bonds is 5. The number of halogens is 1. The molecule has 1 amide bonds. The molecule has 2 fully saturated rings. The van der Waals surface area contributed by atoms with Crippen LogP contribution in [0.5, 0.6) is 0 Å². The number of sulfonamides is 1. The van der Waals surface area contributed by atoms with Gasteiger partial charge >= 0.3 is 0 Å². The quantitative estimate of drug-likeness (QED) is 0.765. The maximum Gasteiger partial charge on any atom is 0.256 e. The van der Waals surface area contributed by atoms with Gasteiger partial charge in [0.25, 0.3) is 5.91 Å². The molecule has 0 spiro atoms. The minimum absolute atomic E-state index is 0.0245. The Labute approximate surface area is 161 Å². The number of carbonyl (C=O) groups is 1. The molecule has 27 heavy (non-hydrogen) atoms. The fourth-order valence-electron chi connectivity index (χ4n) is 4.50. The van der Waals surface area contributed by atoms with Crippen molar-refractivity contribution in [2.24, 2.45) is 11.8 Å². The summed E-state index contributed by atoms with van der Waals surface area (Å²) in [6, 6.07) is 3.54. The van der Waals surface area contributed by atoms with Gasteiger partial charge in [0.15, 0.2) is 0 Å². The summed E-state index contributed by atoms with van der Waals surface area (Å²) in [5.74, 6) is 0.0986. The number of piperidine rings is 1. The summed E-state index contributed by atoms with van der Waals surface area (Å²) in [7, 11) is -3.73. The zero-order valence-electron chi connectivity index (χ0n) is 16.2. The van der Waals surface area contributed by atoms with Crippen molar-refractivity contribution in [2.75, 3.05) is 26.2 Å². The fraction of sp³-hybridized carbons (Fsp3) is 0.650. The zero-order valence-corrected chi connectivity index (χ0v) is 17.0. The molecule has 1 heterocycles. The van der Waals surface area contributed by atoms with Crippen LogP contribution in [0.3, 0.4) is 0 Å². The first-order valence-electron chi connectivity index (χ1n) is 9.97. The molecular formula is C20H29FN2O3S. The lowest BCUT2D eigenvalue weighted by atomic mass is 9.75. The van der Waals surface area contributed by atoms with E-state index in [2.05, 4.69) is 0 Å². The van der Waals surface area contributed by atoms with Gasteiger partial charge in [0.1, 0.15) is 5.82 Å². The van der Waals surface area contributed by atoms with Crippen molar-refractivity contribution in [2.45, 2.75) is 50.8 Å². The largest absolute Gasteiger partial charge is 0.338 e. The Morgan fingerprint density at radius 1 is 1.15 bits per heavy atom. The summed E-state index contributed by atoms with van der Waals surface area (Å²) < 4.78 is 41.2. The second-order valence-electron chi connectivity index (χ2n) is 7.58. The first-order valence-corrected chi connectivity index (χ1v) is 11.4. The molecule has 0 aromatic heterocycles. The van der Waals surface area contributed by atoms with Gasteiger partial charge in [-0.15, -0.1) is 0 Å². The lowest BCUT2D eigenvalue weighted by molar-refractivity contribution is 0.0516. The van der Waals surface area contributed by atoms with E-state index in [1.54, 1.807) is 18.7 Å². The van der Waals surface area contributed by atoms with Crippen LogP contribution in [-0.2, 0) is 10.0 Å². The summed E-state index contributed by atoms with van der Waals surface area (Å²) in [4.78, 5) is 14.6. The van der Waals surface area contributed by atoms with E-state index in [4.69, 9.17) is 0 Å². The molecule has 7 heteroatoms. The maximum atomic E-state index is 14.4. The van der Waals surface area contributed by atoms with E-state index in [9.17, 15) is 17.6 Å². The molecule has 2 aliphatic rings. The third-order valence-electron chi connectivity index (χ3n) is 6.09. The number of fused-ring (bicyclic) bond motifs is 1. The molecule has 0 bridgehead atoms.